The number of halogens is 2. The summed E-state index contributed by atoms with van der Waals surface area (Å²) in [6.07, 6.45) is 4.09. The third kappa shape index (κ3) is 4.91. The number of ether oxygens (including phenoxy) is 1. The molecule has 0 spiro atoms. The second kappa shape index (κ2) is 5.60. The van der Waals surface area contributed by atoms with Gasteiger partial charge in [-0.15, -0.1) is 0 Å². The van der Waals surface area contributed by atoms with Crippen LogP contribution in [0.15, 0.2) is 30.4 Å². The van der Waals surface area contributed by atoms with Crippen molar-refractivity contribution in [2.24, 2.45) is 5.41 Å². The zero-order valence-electron chi connectivity index (χ0n) is 9.76. The van der Waals surface area contributed by atoms with Gasteiger partial charge in [0, 0.05) is 11.1 Å². The van der Waals surface area contributed by atoms with E-state index in [2.05, 4.69) is 26.8 Å². The summed E-state index contributed by atoms with van der Waals surface area (Å²) in [5.74, 6) is 0.618. The Balaban J connectivity index is 2.55. The van der Waals surface area contributed by atoms with Crippen LogP contribution in [0.3, 0.4) is 0 Å². The van der Waals surface area contributed by atoms with Crippen molar-refractivity contribution in [1.82, 2.24) is 0 Å². The maximum atomic E-state index is 5.96. The highest BCUT2D eigenvalue weighted by atomic mass is 35.5. The molecule has 0 fully saturated rings. The first-order chi connectivity index (χ1) is 7.38. The van der Waals surface area contributed by atoms with E-state index in [4.69, 9.17) is 27.9 Å². The summed E-state index contributed by atoms with van der Waals surface area (Å²) in [6.45, 7) is 6.90. The van der Waals surface area contributed by atoms with Crippen molar-refractivity contribution < 1.29 is 4.74 Å². The van der Waals surface area contributed by atoms with E-state index in [-0.39, 0.29) is 5.41 Å². The monoisotopic (exact) mass is 258 g/mol. The highest BCUT2D eigenvalue weighted by Gasteiger charge is 2.04. The molecule has 16 heavy (non-hydrogen) atoms. The molecule has 0 aromatic heterocycles. The predicted molar refractivity (Wildman–Crippen MR) is 70.6 cm³/mol. The summed E-state index contributed by atoms with van der Waals surface area (Å²) in [7, 11) is 0. The van der Waals surface area contributed by atoms with Crippen LogP contribution >= 0.6 is 23.2 Å². The molecule has 0 atom stereocenters. The van der Waals surface area contributed by atoms with E-state index in [1.807, 2.05) is 6.08 Å². The van der Waals surface area contributed by atoms with Gasteiger partial charge >= 0.3 is 0 Å². The van der Waals surface area contributed by atoms with Gasteiger partial charge in [-0.2, -0.15) is 0 Å². The van der Waals surface area contributed by atoms with Crippen LogP contribution in [0.4, 0.5) is 0 Å². The quantitative estimate of drug-likeness (QED) is 0.696. The molecule has 1 aromatic carbocycles. The lowest BCUT2D eigenvalue weighted by atomic mass is 9.96. The Hall–Kier alpha value is -0.660. The second-order valence-electron chi connectivity index (χ2n) is 4.65. The van der Waals surface area contributed by atoms with Gasteiger partial charge in [-0.3, -0.25) is 0 Å². The fourth-order valence-corrected chi connectivity index (χ4v) is 1.46. The molecule has 0 amide bonds. The van der Waals surface area contributed by atoms with Crippen LogP contribution in [0, 0.1) is 5.41 Å². The molecule has 0 unspecified atom stereocenters. The first-order valence-electron chi connectivity index (χ1n) is 5.14. The third-order valence-corrected chi connectivity index (χ3v) is 2.39. The molecule has 0 N–H and O–H groups in total. The molecule has 0 heterocycles. The molecule has 0 aliphatic carbocycles. The lowest BCUT2D eigenvalue weighted by Gasteiger charge is -2.11. The van der Waals surface area contributed by atoms with Crippen LogP contribution in [-0.4, -0.2) is 6.61 Å². The second-order valence-corrected chi connectivity index (χ2v) is 5.50. The molecule has 0 aliphatic heterocycles. The van der Waals surface area contributed by atoms with Gasteiger partial charge in [0.1, 0.15) is 12.4 Å². The van der Waals surface area contributed by atoms with Crippen LogP contribution in [0.25, 0.3) is 0 Å². The van der Waals surface area contributed by atoms with Crippen molar-refractivity contribution in [2.75, 3.05) is 6.61 Å². The summed E-state index contributed by atoms with van der Waals surface area (Å²) >= 11 is 11.8. The van der Waals surface area contributed by atoms with Crippen LogP contribution in [0.2, 0.25) is 10.0 Å². The summed E-state index contributed by atoms with van der Waals surface area (Å²) in [6, 6.07) is 5.18. The van der Waals surface area contributed by atoms with Gasteiger partial charge in [0.25, 0.3) is 0 Å². The van der Waals surface area contributed by atoms with Crippen molar-refractivity contribution in [3.8, 4) is 5.75 Å². The van der Waals surface area contributed by atoms with E-state index < -0.39 is 0 Å². The SMILES string of the molecule is CC(C)(C)C=CCOc1cc(Cl)ccc1Cl. The molecular weight excluding hydrogens is 243 g/mol. The van der Waals surface area contributed by atoms with E-state index in [1.165, 1.54) is 0 Å². The van der Waals surface area contributed by atoms with Crippen molar-refractivity contribution in [3.63, 3.8) is 0 Å². The Morgan fingerprint density at radius 2 is 1.94 bits per heavy atom. The Labute approximate surface area is 107 Å². The maximum absolute atomic E-state index is 5.96. The van der Waals surface area contributed by atoms with Crippen molar-refractivity contribution >= 4 is 23.2 Å². The van der Waals surface area contributed by atoms with Crippen molar-refractivity contribution in [1.29, 1.82) is 0 Å². The molecule has 0 aliphatic rings. The van der Waals surface area contributed by atoms with E-state index >= 15 is 0 Å². The fraction of sp³-hybridized carbons (Fsp3) is 0.385. The smallest absolute Gasteiger partial charge is 0.139 e. The number of allylic oxidation sites excluding steroid dienone is 1. The molecule has 1 rings (SSSR count). The lowest BCUT2D eigenvalue weighted by molar-refractivity contribution is 0.360. The molecule has 0 bridgehead atoms. The molecular formula is C13H16Cl2O. The summed E-state index contributed by atoms with van der Waals surface area (Å²) < 4.78 is 5.51. The van der Waals surface area contributed by atoms with Gasteiger partial charge in [-0.05, 0) is 17.5 Å². The van der Waals surface area contributed by atoms with Crippen LogP contribution in [-0.2, 0) is 0 Å². The molecule has 88 valence electrons. The maximum Gasteiger partial charge on any atom is 0.139 e. The first-order valence-corrected chi connectivity index (χ1v) is 5.89. The molecule has 1 nitrogen and oxygen atoms in total. The highest BCUT2D eigenvalue weighted by Crippen LogP contribution is 2.27. The molecule has 0 saturated carbocycles. The van der Waals surface area contributed by atoms with E-state index in [1.54, 1.807) is 18.2 Å². The topological polar surface area (TPSA) is 9.23 Å². The Kier molecular flexibility index (Phi) is 4.69. The molecule has 3 heteroatoms. The first kappa shape index (κ1) is 13.4. The lowest BCUT2D eigenvalue weighted by Crippen LogP contribution is -2.01. The predicted octanol–water partition coefficient (Wildman–Crippen LogP) is 4.97. The van der Waals surface area contributed by atoms with Gasteiger partial charge in [0.05, 0.1) is 5.02 Å². The van der Waals surface area contributed by atoms with Crippen molar-refractivity contribution in [2.45, 2.75) is 20.8 Å². The number of hydrogen-bond donors (Lipinski definition) is 0. The Bertz CT molecular complexity index is 378. The zero-order chi connectivity index (χ0) is 12.2. The number of benzene rings is 1. The number of hydrogen-bond acceptors (Lipinski definition) is 1. The van der Waals surface area contributed by atoms with Gasteiger partial charge < -0.3 is 4.74 Å². The summed E-state index contributed by atoms with van der Waals surface area (Å²) in [4.78, 5) is 0. The average Bonchev–Trinajstić information content (AvgIpc) is 2.16. The minimum absolute atomic E-state index is 0.168. The molecule has 0 radical (unpaired) electrons. The minimum Gasteiger partial charge on any atom is -0.488 e. The van der Waals surface area contributed by atoms with Gasteiger partial charge in [0.2, 0.25) is 0 Å². The standard InChI is InChI=1S/C13H16Cl2O/c1-13(2,3)7-4-8-16-12-9-10(14)5-6-11(12)15/h4-7,9H,8H2,1-3H3. The van der Waals surface area contributed by atoms with E-state index in [0.29, 0.717) is 22.4 Å². The van der Waals surface area contributed by atoms with Gasteiger partial charge in [-0.1, -0.05) is 56.1 Å². The molecule has 0 saturated heterocycles. The van der Waals surface area contributed by atoms with Gasteiger partial charge in [0.15, 0.2) is 0 Å². The number of rotatable bonds is 3. The Morgan fingerprint density at radius 3 is 2.56 bits per heavy atom. The summed E-state index contributed by atoms with van der Waals surface area (Å²) in [5.41, 5.74) is 0.168. The normalized spacial score (nSPS) is 12.1. The largest absolute Gasteiger partial charge is 0.488 e. The summed E-state index contributed by atoms with van der Waals surface area (Å²) in [5, 5.41) is 1.20. The van der Waals surface area contributed by atoms with E-state index in [9.17, 15) is 0 Å². The van der Waals surface area contributed by atoms with E-state index in [0.717, 1.165) is 0 Å². The average molecular weight is 259 g/mol. The Morgan fingerprint density at radius 1 is 1.25 bits per heavy atom. The minimum atomic E-state index is 0.168. The van der Waals surface area contributed by atoms with Gasteiger partial charge in [-0.25, -0.2) is 0 Å². The van der Waals surface area contributed by atoms with Crippen LogP contribution < -0.4 is 4.74 Å². The highest BCUT2D eigenvalue weighted by molar-refractivity contribution is 6.34. The van der Waals surface area contributed by atoms with Crippen molar-refractivity contribution in [3.05, 3.63) is 40.4 Å². The zero-order valence-corrected chi connectivity index (χ0v) is 11.3. The molecule has 1 aromatic rings. The van der Waals surface area contributed by atoms with Crippen LogP contribution in [0.5, 0.6) is 5.75 Å². The fourth-order valence-electron chi connectivity index (χ4n) is 1.13. The third-order valence-electron chi connectivity index (χ3n) is 1.85. The van der Waals surface area contributed by atoms with Crippen LogP contribution in [0.1, 0.15) is 20.8 Å².